The van der Waals surface area contributed by atoms with Gasteiger partial charge < -0.3 is 44.7 Å². The Morgan fingerprint density at radius 2 is 0.630 bits per heavy atom. The van der Waals surface area contributed by atoms with Crippen molar-refractivity contribution in [3.05, 3.63) is 252 Å². The maximum absolute atomic E-state index is 15.6. The van der Waals surface area contributed by atoms with Crippen LogP contribution in [-0.2, 0) is 14.4 Å². The zero-order valence-corrected chi connectivity index (χ0v) is 84.5. The van der Waals surface area contributed by atoms with Crippen LogP contribution in [0.1, 0.15) is 131 Å². The standard InChI is InChI=1S/3C32H27Cl4FN6O3/c3*1-6-20(44)42-10-9-41(13-16(42)5)29-17-11-19(33)27(21-22(34)23(35)24(36)30(45)25(21)37)40-31(17)43(32(46)18(29)12-38)28-15(4)7-8-39-26(28)14(2)3/h3*6-8,11,14,16,45H,1,9-10,13H2,2-5H3/t3*16-/m111/s1. The van der Waals surface area contributed by atoms with Crippen molar-refractivity contribution >= 4 is 207 Å². The highest BCUT2D eigenvalue weighted by atomic mass is 35.5. The van der Waals surface area contributed by atoms with E-state index in [1.165, 1.54) is 50.1 Å². The Hall–Kier alpha value is -11.6. The van der Waals surface area contributed by atoms with Gasteiger partial charge in [0.1, 0.15) is 66.9 Å². The van der Waals surface area contributed by atoms with Crippen LogP contribution < -0.4 is 31.4 Å². The van der Waals surface area contributed by atoms with Crippen molar-refractivity contribution in [2.45, 2.75) is 119 Å². The third kappa shape index (κ3) is 18.3. The van der Waals surface area contributed by atoms with Crippen LogP contribution in [0.4, 0.5) is 30.2 Å². The highest BCUT2D eigenvalue weighted by molar-refractivity contribution is 6.52. The number of aryl methyl sites for hydroxylation is 3. The van der Waals surface area contributed by atoms with E-state index >= 15 is 13.2 Å². The van der Waals surface area contributed by atoms with Gasteiger partial charge in [0, 0.05) is 112 Å². The van der Waals surface area contributed by atoms with Crippen LogP contribution >= 0.6 is 139 Å². The number of rotatable bonds is 15. The highest BCUT2D eigenvalue weighted by Gasteiger charge is 2.40. The lowest BCUT2D eigenvalue weighted by molar-refractivity contribution is -0.129. The number of carbonyl (C=O) groups excluding carboxylic acids is 3. The molecule has 0 bridgehead atoms. The van der Waals surface area contributed by atoms with E-state index in [-0.39, 0.29) is 206 Å². The number of pyridine rings is 9. The minimum absolute atomic E-state index is 0.0229. The summed E-state index contributed by atoms with van der Waals surface area (Å²) >= 11 is 76.3. The largest absolute Gasteiger partial charge is 0.504 e. The van der Waals surface area contributed by atoms with E-state index in [1.54, 1.807) is 72.3 Å². The SMILES string of the molecule is C=CC(=O)N1CCN(c2c(C#N)c(=O)n(-c3c(C)ccnc3C(C)C)c3nc(-c4c(F)c(O)c(Cl)c(Cl)c4Cl)c(Cl)cc23)C[C@H]1C.C=CC(=O)N1CCN(c2c(C#N)c(=O)n(-c3c(C)ccnc3C(C)C)c3nc(-c4c(F)c(O)c(Cl)c(Cl)c4Cl)c(Cl)cc23)C[C@H]1C.C=CC(=O)N1CCN(c2c(C#N)c(=O)n(-c3c(C)ccnc3C(C)C)c3nc(-c4c(F)c(O)c(Cl)c(Cl)c4Cl)c(Cl)cc23)C[C@H]1C. The molecule has 12 heterocycles. The first-order valence-electron chi connectivity index (χ1n) is 42.4. The first-order valence-corrected chi connectivity index (χ1v) is 46.9. The van der Waals surface area contributed by atoms with Gasteiger partial charge in [-0.2, -0.15) is 15.8 Å². The minimum Gasteiger partial charge on any atom is -0.504 e. The number of hydrogen-bond donors (Lipinski definition) is 3. The monoisotopic (exact) mass is 2110 g/mol. The second-order valence-electron chi connectivity index (χ2n) is 33.6. The van der Waals surface area contributed by atoms with Crippen molar-refractivity contribution in [3.63, 3.8) is 0 Å². The van der Waals surface area contributed by atoms with E-state index < -0.39 is 83.1 Å². The number of hydrogen-bond acceptors (Lipinski definition) is 21. The highest BCUT2D eigenvalue weighted by Crippen LogP contribution is 2.53. The van der Waals surface area contributed by atoms with Gasteiger partial charge in [-0.15, -0.1) is 0 Å². The van der Waals surface area contributed by atoms with Crippen molar-refractivity contribution in [1.82, 2.24) is 58.3 Å². The van der Waals surface area contributed by atoms with Gasteiger partial charge in [-0.3, -0.25) is 57.4 Å². The Morgan fingerprint density at radius 1 is 0.399 bits per heavy atom. The average molecular weight is 2110 g/mol. The predicted molar refractivity (Wildman–Crippen MR) is 538 cm³/mol. The van der Waals surface area contributed by atoms with E-state index in [0.29, 0.717) is 86.6 Å². The van der Waals surface area contributed by atoms with Gasteiger partial charge in [0.25, 0.3) is 16.7 Å². The molecule has 3 aliphatic heterocycles. The van der Waals surface area contributed by atoms with E-state index in [1.807, 2.05) is 77.0 Å². The first kappa shape index (κ1) is 104. The third-order valence-electron chi connectivity index (χ3n) is 24.0. The number of aromatic hydroxyl groups is 3. The zero-order chi connectivity index (χ0) is 101. The molecule has 3 aromatic carbocycles. The Morgan fingerprint density at radius 3 is 0.833 bits per heavy atom. The summed E-state index contributed by atoms with van der Waals surface area (Å²) in [5.74, 6) is -7.65. The molecule has 3 fully saturated rings. The molecule has 0 spiro atoms. The Balaban J connectivity index is 0.000000175. The number of benzene rings is 3. The Labute approximate surface area is 848 Å². The molecule has 3 N–H and O–H groups in total. The van der Waals surface area contributed by atoms with E-state index in [2.05, 4.69) is 52.9 Å². The van der Waals surface area contributed by atoms with Crippen molar-refractivity contribution in [1.29, 1.82) is 15.8 Å². The van der Waals surface area contributed by atoms with E-state index in [4.69, 9.17) is 154 Å². The van der Waals surface area contributed by atoms with Crippen LogP contribution in [0.2, 0.25) is 60.3 Å². The van der Waals surface area contributed by atoms with Crippen LogP contribution in [0.5, 0.6) is 17.2 Å². The van der Waals surface area contributed by atoms with Gasteiger partial charge in [0.2, 0.25) is 17.7 Å². The summed E-state index contributed by atoms with van der Waals surface area (Å²) in [5.41, 5.74) is 1.13. The van der Waals surface area contributed by atoms with Gasteiger partial charge in [0.05, 0.1) is 130 Å². The van der Waals surface area contributed by atoms with Crippen LogP contribution in [0.15, 0.2) is 107 Å². The smallest absolute Gasteiger partial charge is 0.276 e. The molecule has 3 saturated heterocycles. The second-order valence-corrected chi connectivity index (χ2v) is 38.2. The summed E-state index contributed by atoms with van der Waals surface area (Å²) in [6.45, 7) is 35.7. The predicted octanol–water partition coefficient (Wildman–Crippen LogP) is 22.3. The summed E-state index contributed by atoms with van der Waals surface area (Å²) in [7, 11) is 0. The molecule has 3 amide bonds. The summed E-state index contributed by atoms with van der Waals surface area (Å²) in [6.07, 6.45) is 8.58. The maximum Gasteiger partial charge on any atom is 0.276 e. The molecular weight excluding hydrogens is 2030 g/mol. The number of halogens is 15. The van der Waals surface area contributed by atoms with Crippen molar-refractivity contribution < 1.29 is 42.9 Å². The summed E-state index contributed by atoms with van der Waals surface area (Å²) < 4.78 is 50.7. The number of fused-ring (bicyclic) bond motifs is 3. The summed E-state index contributed by atoms with van der Waals surface area (Å²) in [4.78, 5) is 119. The molecule has 9 aromatic heterocycles. The summed E-state index contributed by atoms with van der Waals surface area (Å²) in [5, 5.41) is 59.7. The molecule has 714 valence electrons. The first-order chi connectivity index (χ1) is 65.2. The molecule has 15 rings (SSSR count). The lowest BCUT2D eigenvalue weighted by atomic mass is 10.0. The number of carbonyl (C=O) groups is 3. The number of phenols is 3. The van der Waals surface area contributed by atoms with E-state index in [9.17, 15) is 59.9 Å². The van der Waals surface area contributed by atoms with E-state index in [0.717, 1.165) is 0 Å². The van der Waals surface area contributed by atoms with Crippen molar-refractivity contribution in [3.8, 4) is 86.3 Å². The lowest BCUT2D eigenvalue weighted by Crippen LogP contribution is -2.54. The third-order valence-corrected chi connectivity index (χ3v) is 28.8. The molecule has 0 unspecified atom stereocenters. The number of piperazine rings is 3. The Bertz CT molecular complexity index is 6790. The molecule has 42 heteroatoms. The molecular formula is C96H81Cl12F3N18O9. The normalized spacial score (nSPS) is 15.0. The minimum atomic E-state index is -1.21. The quantitative estimate of drug-likeness (QED) is 0.0487. The molecule has 0 radical (unpaired) electrons. The Kier molecular flexibility index (Phi) is 31.1. The number of aromatic nitrogens is 9. The summed E-state index contributed by atoms with van der Waals surface area (Å²) in [6, 6.07) is 14.9. The van der Waals surface area contributed by atoms with Crippen molar-refractivity contribution in [2.75, 3.05) is 73.6 Å². The van der Waals surface area contributed by atoms with Crippen molar-refractivity contribution in [2.24, 2.45) is 0 Å². The zero-order valence-electron chi connectivity index (χ0n) is 75.4. The topological polar surface area (TPSA) is 346 Å². The van der Waals surface area contributed by atoms with Gasteiger partial charge in [0.15, 0.2) is 34.7 Å². The van der Waals surface area contributed by atoms with Gasteiger partial charge in [-0.05, 0) is 131 Å². The fourth-order valence-electron chi connectivity index (χ4n) is 17.4. The van der Waals surface area contributed by atoms with Crippen LogP contribution in [-0.4, -0.2) is 168 Å². The number of anilines is 3. The van der Waals surface area contributed by atoms with Crippen LogP contribution in [0, 0.1) is 72.2 Å². The number of amides is 3. The second kappa shape index (κ2) is 41.4. The molecule has 0 aliphatic carbocycles. The lowest BCUT2D eigenvalue weighted by Gasteiger charge is -2.41. The van der Waals surface area contributed by atoms with Crippen LogP contribution in [0.25, 0.3) is 83.9 Å². The molecule has 27 nitrogen and oxygen atoms in total. The van der Waals surface area contributed by atoms with Gasteiger partial charge in [-0.25, -0.2) is 28.1 Å². The number of phenolic OH excluding ortho intramolecular Hbond substituents is 3. The molecule has 3 atom stereocenters. The molecule has 12 aromatic rings. The van der Waals surface area contributed by atoms with Crippen LogP contribution in [0.3, 0.4) is 0 Å². The molecule has 138 heavy (non-hydrogen) atoms. The average Bonchev–Trinajstić information content (AvgIpc) is 0.726. The fourth-order valence-corrected chi connectivity index (χ4v) is 20.2. The molecule has 0 saturated carbocycles. The van der Waals surface area contributed by atoms with Gasteiger partial charge in [-0.1, -0.05) is 200 Å². The van der Waals surface area contributed by atoms with Gasteiger partial charge >= 0.3 is 0 Å². The maximum atomic E-state index is 15.6. The molecule has 3 aliphatic rings. The number of nitriles is 3. The fraction of sp³-hybridized carbons (Fsp3) is 0.281. The number of nitrogens with zero attached hydrogens (tertiary/aromatic N) is 18.